The molecule has 2 N–H and O–H groups in total. The first-order valence-electron chi connectivity index (χ1n) is 6.58. The summed E-state index contributed by atoms with van der Waals surface area (Å²) >= 11 is 6.09. The lowest BCUT2D eigenvalue weighted by Gasteiger charge is -2.17. The molecular weight excluding hydrogens is 280 g/mol. The summed E-state index contributed by atoms with van der Waals surface area (Å²) < 4.78 is 0. The predicted octanol–water partition coefficient (Wildman–Crippen LogP) is 2.84. The molecule has 0 aliphatic carbocycles. The van der Waals surface area contributed by atoms with Crippen LogP contribution < -0.4 is 5.32 Å². The second kappa shape index (κ2) is 6.13. The number of urea groups is 1. The number of halogens is 1. The highest BCUT2D eigenvalue weighted by atomic mass is 35.5. The normalized spacial score (nSPS) is 18.1. The van der Waals surface area contributed by atoms with Gasteiger partial charge in [-0.3, -0.25) is 4.79 Å². The molecule has 2 rings (SSSR count). The highest BCUT2D eigenvalue weighted by Gasteiger charge is 2.30. The molecule has 1 aromatic carbocycles. The number of carbonyl (C=O) groups is 2. The van der Waals surface area contributed by atoms with Crippen LogP contribution in [0.25, 0.3) is 0 Å². The number of carbonyl (C=O) groups excluding carboxylic acids is 1. The quantitative estimate of drug-likeness (QED) is 0.901. The smallest absolute Gasteiger partial charge is 0.321 e. The van der Waals surface area contributed by atoms with E-state index in [0.717, 1.165) is 12.0 Å². The Hall–Kier alpha value is -1.75. The van der Waals surface area contributed by atoms with E-state index < -0.39 is 11.9 Å². The number of hydrogen-bond acceptors (Lipinski definition) is 2. The van der Waals surface area contributed by atoms with Gasteiger partial charge in [0.2, 0.25) is 0 Å². The molecule has 0 saturated carbocycles. The van der Waals surface area contributed by atoms with Crippen LogP contribution in [-0.4, -0.2) is 35.1 Å². The van der Waals surface area contributed by atoms with Gasteiger partial charge < -0.3 is 15.3 Å². The molecule has 20 heavy (non-hydrogen) atoms. The van der Waals surface area contributed by atoms with Gasteiger partial charge >= 0.3 is 12.0 Å². The Morgan fingerprint density at radius 1 is 1.50 bits per heavy atom. The Labute approximate surface area is 122 Å². The van der Waals surface area contributed by atoms with Gasteiger partial charge in [-0.1, -0.05) is 24.6 Å². The Morgan fingerprint density at radius 3 is 2.80 bits per heavy atom. The third-order valence-electron chi connectivity index (χ3n) is 3.51. The van der Waals surface area contributed by atoms with E-state index >= 15 is 0 Å². The van der Waals surface area contributed by atoms with E-state index in [1.54, 1.807) is 12.1 Å². The average molecular weight is 297 g/mol. The number of carboxylic acids is 1. The highest BCUT2D eigenvalue weighted by molar-refractivity contribution is 6.31. The fraction of sp³-hybridized carbons (Fsp3) is 0.429. The van der Waals surface area contributed by atoms with Gasteiger partial charge in [0.1, 0.15) is 0 Å². The summed E-state index contributed by atoms with van der Waals surface area (Å²) in [7, 11) is 0. The van der Waals surface area contributed by atoms with Gasteiger partial charge in [-0.05, 0) is 30.5 Å². The maximum atomic E-state index is 12.0. The molecule has 108 valence electrons. The third kappa shape index (κ3) is 3.22. The van der Waals surface area contributed by atoms with Gasteiger partial charge in [0.05, 0.1) is 5.92 Å². The highest BCUT2D eigenvalue weighted by Crippen LogP contribution is 2.23. The summed E-state index contributed by atoms with van der Waals surface area (Å²) in [5.74, 6) is -1.32. The molecule has 0 bridgehead atoms. The van der Waals surface area contributed by atoms with Crippen LogP contribution in [0.1, 0.15) is 18.9 Å². The van der Waals surface area contributed by atoms with Crippen molar-refractivity contribution in [3.63, 3.8) is 0 Å². The number of hydrogen-bond donors (Lipinski definition) is 2. The van der Waals surface area contributed by atoms with Gasteiger partial charge in [0, 0.05) is 23.8 Å². The van der Waals surface area contributed by atoms with Crippen molar-refractivity contribution in [1.82, 2.24) is 4.90 Å². The number of anilines is 1. The number of nitrogens with one attached hydrogen (secondary N) is 1. The second-order valence-electron chi connectivity index (χ2n) is 4.86. The van der Waals surface area contributed by atoms with Crippen LogP contribution in [0.4, 0.5) is 10.5 Å². The standard InChI is InChI=1S/C14H17ClN2O3/c1-2-9-3-4-11(7-12(9)15)16-14(20)17-6-5-10(8-17)13(18)19/h3-4,7,10H,2,5-6,8H2,1H3,(H,16,20)(H,18,19). The summed E-state index contributed by atoms with van der Waals surface area (Å²) in [6.45, 7) is 2.72. The number of likely N-dealkylation sites (tertiary alicyclic amines) is 1. The molecule has 1 aliphatic heterocycles. The first-order valence-corrected chi connectivity index (χ1v) is 6.96. The van der Waals surface area contributed by atoms with E-state index in [2.05, 4.69) is 5.32 Å². The lowest BCUT2D eigenvalue weighted by atomic mass is 10.1. The molecule has 2 amide bonds. The summed E-state index contributed by atoms with van der Waals surface area (Å²) in [4.78, 5) is 24.4. The fourth-order valence-electron chi connectivity index (χ4n) is 2.26. The molecule has 0 aromatic heterocycles. The van der Waals surface area contributed by atoms with Crippen molar-refractivity contribution in [3.8, 4) is 0 Å². The van der Waals surface area contributed by atoms with E-state index in [9.17, 15) is 9.59 Å². The first-order chi connectivity index (χ1) is 9.51. The Morgan fingerprint density at radius 2 is 2.25 bits per heavy atom. The van der Waals surface area contributed by atoms with E-state index in [-0.39, 0.29) is 12.6 Å². The van der Waals surface area contributed by atoms with Crippen molar-refractivity contribution in [2.24, 2.45) is 5.92 Å². The van der Waals surface area contributed by atoms with Crippen molar-refractivity contribution in [1.29, 1.82) is 0 Å². The lowest BCUT2D eigenvalue weighted by Crippen LogP contribution is -2.33. The number of benzene rings is 1. The van der Waals surface area contributed by atoms with E-state index in [1.807, 2.05) is 13.0 Å². The van der Waals surface area contributed by atoms with Crippen LogP contribution in [0.5, 0.6) is 0 Å². The van der Waals surface area contributed by atoms with Gasteiger partial charge in [-0.15, -0.1) is 0 Å². The van der Waals surface area contributed by atoms with Crippen LogP contribution >= 0.6 is 11.6 Å². The zero-order chi connectivity index (χ0) is 14.7. The summed E-state index contributed by atoms with van der Waals surface area (Å²) in [5.41, 5.74) is 1.65. The number of nitrogens with zero attached hydrogens (tertiary/aromatic N) is 1. The van der Waals surface area contributed by atoms with Crippen molar-refractivity contribution >= 4 is 29.3 Å². The zero-order valence-electron chi connectivity index (χ0n) is 11.2. The number of aliphatic carboxylic acids is 1. The van der Waals surface area contributed by atoms with Crippen molar-refractivity contribution in [2.45, 2.75) is 19.8 Å². The second-order valence-corrected chi connectivity index (χ2v) is 5.27. The molecule has 0 radical (unpaired) electrons. The Balaban J connectivity index is 1.98. The van der Waals surface area contributed by atoms with Crippen LogP contribution in [0.3, 0.4) is 0 Å². The zero-order valence-corrected chi connectivity index (χ0v) is 12.0. The minimum Gasteiger partial charge on any atom is -0.481 e. The third-order valence-corrected chi connectivity index (χ3v) is 3.86. The molecule has 5 nitrogen and oxygen atoms in total. The molecule has 0 spiro atoms. The van der Waals surface area contributed by atoms with E-state index in [0.29, 0.717) is 23.7 Å². The van der Waals surface area contributed by atoms with Gasteiger partial charge in [0.25, 0.3) is 0 Å². The largest absolute Gasteiger partial charge is 0.481 e. The monoisotopic (exact) mass is 296 g/mol. The van der Waals surface area contributed by atoms with Gasteiger partial charge in [0.15, 0.2) is 0 Å². The number of amides is 2. The van der Waals surface area contributed by atoms with E-state index in [1.165, 1.54) is 4.90 Å². The molecule has 1 fully saturated rings. The molecular formula is C14H17ClN2O3. The summed E-state index contributed by atoms with van der Waals surface area (Å²) in [5, 5.41) is 12.3. The van der Waals surface area contributed by atoms with Crippen molar-refractivity contribution in [3.05, 3.63) is 28.8 Å². The number of rotatable bonds is 3. The van der Waals surface area contributed by atoms with Crippen LogP contribution in [-0.2, 0) is 11.2 Å². The molecule has 6 heteroatoms. The average Bonchev–Trinajstić information content (AvgIpc) is 2.88. The Bertz CT molecular complexity index is 533. The van der Waals surface area contributed by atoms with Crippen LogP contribution in [0, 0.1) is 5.92 Å². The van der Waals surface area contributed by atoms with Crippen LogP contribution in [0.15, 0.2) is 18.2 Å². The van der Waals surface area contributed by atoms with Crippen molar-refractivity contribution < 1.29 is 14.7 Å². The predicted molar refractivity (Wildman–Crippen MR) is 77.2 cm³/mol. The minimum atomic E-state index is -0.851. The maximum Gasteiger partial charge on any atom is 0.321 e. The summed E-state index contributed by atoms with van der Waals surface area (Å²) in [6, 6.07) is 5.10. The van der Waals surface area contributed by atoms with Gasteiger partial charge in [-0.25, -0.2) is 4.79 Å². The maximum absolute atomic E-state index is 12.0. The molecule has 1 heterocycles. The van der Waals surface area contributed by atoms with Crippen molar-refractivity contribution in [2.75, 3.05) is 18.4 Å². The molecule has 1 aliphatic rings. The SMILES string of the molecule is CCc1ccc(NC(=O)N2CCC(C(=O)O)C2)cc1Cl. The number of aryl methyl sites for hydroxylation is 1. The molecule has 1 unspecified atom stereocenters. The van der Waals surface area contributed by atoms with Crippen LogP contribution in [0.2, 0.25) is 5.02 Å². The van der Waals surface area contributed by atoms with E-state index in [4.69, 9.17) is 16.7 Å². The summed E-state index contributed by atoms with van der Waals surface area (Å²) in [6.07, 6.45) is 1.33. The fourth-order valence-corrected chi connectivity index (χ4v) is 2.57. The first kappa shape index (κ1) is 14.7. The molecule has 1 atom stereocenters. The minimum absolute atomic E-state index is 0.252. The molecule has 1 aromatic rings. The molecule has 1 saturated heterocycles. The van der Waals surface area contributed by atoms with Gasteiger partial charge in [-0.2, -0.15) is 0 Å². The topological polar surface area (TPSA) is 69.6 Å². The Kier molecular flexibility index (Phi) is 4.49. The lowest BCUT2D eigenvalue weighted by molar-refractivity contribution is -0.141. The number of carboxylic acid groups (broad SMARTS) is 1.